The number of benzene rings is 1. The molecule has 8 heteroatoms. The van der Waals surface area contributed by atoms with Gasteiger partial charge in [-0.25, -0.2) is 8.42 Å². The van der Waals surface area contributed by atoms with Crippen molar-refractivity contribution < 1.29 is 17.9 Å². The van der Waals surface area contributed by atoms with Crippen molar-refractivity contribution in [1.29, 1.82) is 0 Å². The highest BCUT2D eigenvalue weighted by atomic mass is 35.5. The highest BCUT2D eigenvalue weighted by molar-refractivity contribution is 7.90. The lowest BCUT2D eigenvalue weighted by Crippen LogP contribution is -2.41. The molecule has 1 atom stereocenters. The summed E-state index contributed by atoms with van der Waals surface area (Å²) in [5.74, 6) is 0.363. The molecule has 0 saturated carbocycles. The van der Waals surface area contributed by atoms with Gasteiger partial charge in [-0.05, 0) is 30.7 Å². The Morgan fingerprint density at radius 3 is 2.41 bits per heavy atom. The standard InChI is InChI=1S/C14H22N2O4S.ClH/c1-3-4-13(15)14(17)16-9-10-20-11-5-7-12(8-6-11)21(2,18)19;/h5-8,13H,3-4,9-10,15H2,1-2H3,(H,16,17);1H. The Labute approximate surface area is 137 Å². The van der Waals surface area contributed by atoms with Gasteiger partial charge in [0.05, 0.1) is 17.5 Å². The van der Waals surface area contributed by atoms with Crippen LogP contribution in [0.15, 0.2) is 29.2 Å². The summed E-state index contributed by atoms with van der Waals surface area (Å²) in [7, 11) is -3.20. The predicted molar refractivity (Wildman–Crippen MR) is 88.2 cm³/mol. The van der Waals surface area contributed by atoms with E-state index in [-0.39, 0.29) is 23.2 Å². The van der Waals surface area contributed by atoms with Crippen molar-refractivity contribution in [2.24, 2.45) is 5.73 Å². The van der Waals surface area contributed by atoms with Crippen LogP contribution in [-0.2, 0) is 14.6 Å². The molecule has 1 unspecified atom stereocenters. The normalized spacial score (nSPS) is 12.1. The minimum Gasteiger partial charge on any atom is -0.492 e. The molecule has 22 heavy (non-hydrogen) atoms. The Morgan fingerprint density at radius 1 is 1.32 bits per heavy atom. The van der Waals surface area contributed by atoms with Crippen LogP contribution in [0.2, 0.25) is 0 Å². The number of hydrogen-bond acceptors (Lipinski definition) is 5. The SMILES string of the molecule is CCCC(N)C(=O)NCCOc1ccc(S(C)(=O)=O)cc1.Cl. The average molecular weight is 351 g/mol. The van der Waals surface area contributed by atoms with E-state index < -0.39 is 15.9 Å². The van der Waals surface area contributed by atoms with Crippen LogP contribution in [-0.4, -0.2) is 39.8 Å². The van der Waals surface area contributed by atoms with Gasteiger partial charge >= 0.3 is 0 Å². The molecule has 1 rings (SSSR count). The van der Waals surface area contributed by atoms with Crippen LogP contribution in [0.3, 0.4) is 0 Å². The van der Waals surface area contributed by atoms with Crippen LogP contribution in [0.4, 0.5) is 0 Å². The highest BCUT2D eigenvalue weighted by Crippen LogP contribution is 2.15. The molecule has 0 bridgehead atoms. The van der Waals surface area contributed by atoms with Crippen molar-refractivity contribution >= 4 is 28.2 Å². The first-order valence-electron chi connectivity index (χ1n) is 6.80. The molecule has 0 spiro atoms. The summed E-state index contributed by atoms with van der Waals surface area (Å²) in [5, 5.41) is 2.69. The van der Waals surface area contributed by atoms with Crippen molar-refractivity contribution in [3.05, 3.63) is 24.3 Å². The van der Waals surface area contributed by atoms with Crippen LogP contribution in [0.5, 0.6) is 5.75 Å². The number of carbonyl (C=O) groups is 1. The lowest BCUT2D eigenvalue weighted by molar-refractivity contribution is -0.122. The number of sulfone groups is 1. The second kappa shape index (κ2) is 9.66. The fraction of sp³-hybridized carbons (Fsp3) is 0.500. The summed E-state index contributed by atoms with van der Waals surface area (Å²) >= 11 is 0. The van der Waals surface area contributed by atoms with E-state index in [0.29, 0.717) is 25.3 Å². The van der Waals surface area contributed by atoms with Gasteiger partial charge in [0.1, 0.15) is 12.4 Å². The van der Waals surface area contributed by atoms with Gasteiger partial charge in [-0.3, -0.25) is 4.79 Å². The minimum atomic E-state index is -3.20. The molecular weight excluding hydrogens is 328 g/mol. The molecule has 1 aromatic rings. The molecule has 126 valence electrons. The zero-order valence-electron chi connectivity index (χ0n) is 12.7. The van der Waals surface area contributed by atoms with Gasteiger partial charge in [0.15, 0.2) is 9.84 Å². The van der Waals surface area contributed by atoms with Crippen molar-refractivity contribution in [3.8, 4) is 5.75 Å². The molecule has 0 aromatic heterocycles. The number of amides is 1. The first-order chi connectivity index (χ1) is 9.84. The van der Waals surface area contributed by atoms with Crippen molar-refractivity contribution in [3.63, 3.8) is 0 Å². The van der Waals surface area contributed by atoms with E-state index in [0.717, 1.165) is 12.7 Å². The number of rotatable bonds is 8. The number of ether oxygens (including phenoxy) is 1. The van der Waals surface area contributed by atoms with Gasteiger partial charge in [-0.15, -0.1) is 12.4 Å². The van der Waals surface area contributed by atoms with E-state index in [1.165, 1.54) is 12.1 Å². The zero-order valence-corrected chi connectivity index (χ0v) is 14.4. The average Bonchev–Trinajstić information content (AvgIpc) is 2.43. The molecular formula is C14H23ClN2O4S. The largest absolute Gasteiger partial charge is 0.492 e. The number of carbonyl (C=O) groups excluding carboxylic acids is 1. The zero-order chi connectivity index (χ0) is 15.9. The molecule has 0 fully saturated rings. The third-order valence-corrected chi connectivity index (χ3v) is 3.99. The van der Waals surface area contributed by atoms with E-state index in [2.05, 4.69) is 5.32 Å². The molecule has 0 radical (unpaired) electrons. The Balaban J connectivity index is 0.00000441. The summed E-state index contributed by atoms with van der Waals surface area (Å²) in [6, 6.07) is 5.66. The predicted octanol–water partition coefficient (Wildman–Crippen LogP) is 1.13. The third kappa shape index (κ3) is 7.11. The summed E-state index contributed by atoms with van der Waals surface area (Å²) in [6.07, 6.45) is 2.66. The second-order valence-electron chi connectivity index (χ2n) is 4.78. The van der Waals surface area contributed by atoms with Crippen LogP contribution in [0.1, 0.15) is 19.8 Å². The lowest BCUT2D eigenvalue weighted by Gasteiger charge is -2.12. The molecule has 6 nitrogen and oxygen atoms in total. The van der Waals surface area contributed by atoms with E-state index in [1.807, 2.05) is 6.92 Å². The molecule has 1 aromatic carbocycles. The molecule has 0 aliphatic carbocycles. The van der Waals surface area contributed by atoms with Crippen LogP contribution in [0, 0.1) is 0 Å². The Kier molecular flexibility index (Phi) is 9.08. The molecule has 0 aliphatic rings. The number of nitrogens with two attached hydrogens (primary N) is 1. The Hall–Kier alpha value is -1.31. The number of hydrogen-bond donors (Lipinski definition) is 2. The number of nitrogens with one attached hydrogen (secondary N) is 1. The van der Waals surface area contributed by atoms with Crippen molar-refractivity contribution in [2.75, 3.05) is 19.4 Å². The third-order valence-electron chi connectivity index (χ3n) is 2.86. The van der Waals surface area contributed by atoms with E-state index in [9.17, 15) is 13.2 Å². The fourth-order valence-corrected chi connectivity index (χ4v) is 2.33. The maximum Gasteiger partial charge on any atom is 0.237 e. The van der Waals surface area contributed by atoms with Gasteiger partial charge in [0, 0.05) is 6.26 Å². The topological polar surface area (TPSA) is 98.5 Å². The fourth-order valence-electron chi connectivity index (χ4n) is 1.70. The van der Waals surface area contributed by atoms with E-state index >= 15 is 0 Å². The molecule has 0 aliphatic heterocycles. The molecule has 3 N–H and O–H groups in total. The summed E-state index contributed by atoms with van der Waals surface area (Å²) in [6.45, 7) is 2.61. The summed E-state index contributed by atoms with van der Waals surface area (Å²) < 4.78 is 28.0. The van der Waals surface area contributed by atoms with E-state index in [4.69, 9.17) is 10.5 Å². The van der Waals surface area contributed by atoms with Gasteiger partial charge < -0.3 is 15.8 Å². The highest BCUT2D eigenvalue weighted by Gasteiger charge is 2.11. The molecule has 1 amide bonds. The van der Waals surface area contributed by atoms with Crippen molar-refractivity contribution in [1.82, 2.24) is 5.32 Å². The maximum absolute atomic E-state index is 11.5. The maximum atomic E-state index is 11.5. The van der Waals surface area contributed by atoms with Gasteiger partial charge in [0.2, 0.25) is 5.91 Å². The summed E-state index contributed by atoms with van der Waals surface area (Å²) in [5.41, 5.74) is 5.67. The number of halogens is 1. The van der Waals surface area contributed by atoms with E-state index in [1.54, 1.807) is 12.1 Å². The van der Waals surface area contributed by atoms with Crippen LogP contribution in [0.25, 0.3) is 0 Å². The van der Waals surface area contributed by atoms with Crippen LogP contribution < -0.4 is 15.8 Å². The first-order valence-corrected chi connectivity index (χ1v) is 8.70. The molecule has 0 heterocycles. The van der Waals surface area contributed by atoms with Gasteiger partial charge in [0.25, 0.3) is 0 Å². The Morgan fingerprint density at radius 2 is 1.91 bits per heavy atom. The quantitative estimate of drug-likeness (QED) is 0.685. The molecule has 0 saturated heterocycles. The van der Waals surface area contributed by atoms with Crippen molar-refractivity contribution in [2.45, 2.75) is 30.7 Å². The van der Waals surface area contributed by atoms with Gasteiger partial charge in [-0.1, -0.05) is 13.3 Å². The lowest BCUT2D eigenvalue weighted by atomic mass is 10.2. The van der Waals surface area contributed by atoms with Crippen LogP contribution >= 0.6 is 12.4 Å². The van der Waals surface area contributed by atoms with Gasteiger partial charge in [-0.2, -0.15) is 0 Å². The minimum absolute atomic E-state index is 0. The second-order valence-corrected chi connectivity index (χ2v) is 6.79. The Bertz CT molecular complexity index is 561. The monoisotopic (exact) mass is 350 g/mol. The summed E-state index contributed by atoms with van der Waals surface area (Å²) in [4.78, 5) is 11.8. The first kappa shape index (κ1) is 20.7. The smallest absolute Gasteiger partial charge is 0.237 e.